The third-order valence-corrected chi connectivity index (χ3v) is 6.89. The van der Waals surface area contributed by atoms with E-state index in [9.17, 15) is 0 Å². The summed E-state index contributed by atoms with van der Waals surface area (Å²) in [6, 6.07) is 16.0. The van der Waals surface area contributed by atoms with Gasteiger partial charge in [0.05, 0.1) is 10.9 Å². The predicted octanol–water partition coefficient (Wildman–Crippen LogP) is 7.60. The molecule has 0 aliphatic carbocycles. The van der Waals surface area contributed by atoms with Crippen molar-refractivity contribution in [1.29, 1.82) is 0 Å². The first-order valence-electron chi connectivity index (χ1n) is 11.9. The lowest BCUT2D eigenvalue weighted by atomic mass is 9.88. The largest absolute Gasteiger partial charge is 0.450 e. The van der Waals surface area contributed by atoms with E-state index in [0.29, 0.717) is 11.8 Å². The number of aromatic nitrogens is 1. The molecule has 3 aromatic carbocycles. The standard InChI is InChI=1S/C30H34NO/c1-17(2)11-21-14-23-13-19(5)20(6)28-29(23)26(15-21)32-27-16-24-22(12-18(3)4)9-8-10-25(24)31(7)30(27)28/h8-10,13-18H,11-12H2,1-7H3/q+1. The fourth-order valence-electron chi connectivity index (χ4n) is 5.42. The number of rotatable bonds is 4. The Morgan fingerprint density at radius 2 is 1.62 bits per heavy atom. The topological polar surface area (TPSA) is 13.1 Å². The van der Waals surface area contributed by atoms with Gasteiger partial charge in [0.1, 0.15) is 12.8 Å². The Kier molecular flexibility index (Phi) is 5.00. The highest BCUT2D eigenvalue weighted by molar-refractivity contribution is 6.05. The van der Waals surface area contributed by atoms with Crippen molar-refractivity contribution >= 4 is 21.7 Å². The average Bonchev–Trinajstić information content (AvgIpc) is 2.71. The van der Waals surface area contributed by atoms with Crippen LogP contribution in [0.25, 0.3) is 32.9 Å². The molecule has 1 aromatic heterocycles. The summed E-state index contributed by atoms with van der Waals surface area (Å²) in [6.07, 6.45) is 2.13. The summed E-state index contributed by atoms with van der Waals surface area (Å²) in [4.78, 5) is 0. The normalized spacial score (nSPS) is 12.7. The molecular weight excluding hydrogens is 390 g/mol. The number of pyridine rings is 1. The van der Waals surface area contributed by atoms with E-state index < -0.39 is 0 Å². The second-order valence-electron chi connectivity index (χ2n) is 10.4. The van der Waals surface area contributed by atoms with Gasteiger partial charge in [0, 0.05) is 17.5 Å². The highest BCUT2D eigenvalue weighted by Gasteiger charge is 2.32. The van der Waals surface area contributed by atoms with Crippen molar-refractivity contribution in [2.75, 3.05) is 0 Å². The number of hydrogen-bond donors (Lipinski definition) is 0. The lowest BCUT2D eigenvalue weighted by Gasteiger charge is -2.24. The van der Waals surface area contributed by atoms with Crippen molar-refractivity contribution in [2.24, 2.45) is 18.9 Å². The second-order valence-corrected chi connectivity index (χ2v) is 10.4. The van der Waals surface area contributed by atoms with Crippen molar-refractivity contribution in [2.45, 2.75) is 54.4 Å². The second kappa shape index (κ2) is 7.62. The molecule has 2 nitrogen and oxygen atoms in total. The summed E-state index contributed by atoms with van der Waals surface area (Å²) in [5.74, 6) is 3.20. The van der Waals surface area contributed by atoms with E-state index in [0.717, 1.165) is 24.3 Å². The van der Waals surface area contributed by atoms with Gasteiger partial charge in [-0.2, -0.15) is 4.57 Å². The van der Waals surface area contributed by atoms with Crippen LogP contribution in [0.5, 0.6) is 11.5 Å². The maximum Gasteiger partial charge on any atom is 0.256 e. The number of hydrogen-bond acceptors (Lipinski definition) is 1. The van der Waals surface area contributed by atoms with Crippen LogP contribution in [0.15, 0.2) is 42.5 Å². The third-order valence-electron chi connectivity index (χ3n) is 6.89. The number of nitrogens with zero attached hydrogens (tertiary/aromatic N) is 1. The van der Waals surface area contributed by atoms with E-state index in [4.69, 9.17) is 4.74 Å². The number of benzene rings is 3. The van der Waals surface area contributed by atoms with E-state index in [1.54, 1.807) is 0 Å². The highest BCUT2D eigenvalue weighted by Crippen LogP contribution is 2.48. The van der Waals surface area contributed by atoms with Crippen LogP contribution in [0.2, 0.25) is 0 Å². The molecular formula is C30H34NO+. The van der Waals surface area contributed by atoms with Gasteiger partial charge in [0.15, 0.2) is 5.75 Å². The molecule has 0 unspecified atom stereocenters. The van der Waals surface area contributed by atoms with Crippen molar-refractivity contribution < 1.29 is 9.30 Å². The van der Waals surface area contributed by atoms with E-state index in [-0.39, 0.29) is 0 Å². The predicted molar refractivity (Wildman–Crippen MR) is 135 cm³/mol. The molecule has 164 valence electrons. The van der Waals surface area contributed by atoms with E-state index in [1.165, 1.54) is 55.2 Å². The van der Waals surface area contributed by atoms with E-state index in [2.05, 4.69) is 95.6 Å². The Bertz CT molecular complexity index is 1380. The fourth-order valence-corrected chi connectivity index (χ4v) is 5.42. The van der Waals surface area contributed by atoms with Crippen LogP contribution >= 0.6 is 0 Å². The van der Waals surface area contributed by atoms with Crippen LogP contribution in [0.4, 0.5) is 0 Å². The molecule has 0 saturated heterocycles. The molecule has 0 radical (unpaired) electrons. The van der Waals surface area contributed by atoms with Crippen molar-refractivity contribution in [3.05, 3.63) is 64.7 Å². The van der Waals surface area contributed by atoms with Crippen molar-refractivity contribution in [3.63, 3.8) is 0 Å². The summed E-state index contributed by atoms with van der Waals surface area (Å²) < 4.78 is 9.04. The lowest BCUT2D eigenvalue weighted by Crippen LogP contribution is -2.34. The summed E-state index contributed by atoms with van der Waals surface area (Å²) >= 11 is 0. The summed E-state index contributed by atoms with van der Waals surface area (Å²) in [6.45, 7) is 13.6. The molecule has 0 atom stereocenters. The number of aryl methyl sites for hydroxylation is 2. The van der Waals surface area contributed by atoms with Gasteiger partial charge >= 0.3 is 0 Å². The quantitative estimate of drug-likeness (QED) is 0.271. The first-order chi connectivity index (χ1) is 15.2. The molecule has 1 aliphatic heterocycles. The molecule has 0 bridgehead atoms. The number of fused-ring (bicyclic) bond motifs is 3. The monoisotopic (exact) mass is 424 g/mol. The first-order valence-corrected chi connectivity index (χ1v) is 11.9. The molecule has 5 rings (SSSR count). The van der Waals surface area contributed by atoms with Gasteiger partial charge in [-0.15, -0.1) is 0 Å². The van der Waals surface area contributed by atoms with E-state index >= 15 is 0 Å². The Labute approximate surface area is 191 Å². The fraction of sp³-hybridized carbons (Fsp3) is 0.367. The summed E-state index contributed by atoms with van der Waals surface area (Å²) in [5, 5.41) is 3.84. The molecule has 4 aromatic rings. The van der Waals surface area contributed by atoms with Crippen LogP contribution in [0, 0.1) is 25.7 Å². The molecule has 0 amide bonds. The minimum atomic E-state index is 0.612. The Balaban J connectivity index is 1.85. The molecule has 2 heterocycles. The summed E-state index contributed by atoms with van der Waals surface area (Å²) in [7, 11) is 2.19. The van der Waals surface area contributed by atoms with Gasteiger partial charge in [0.25, 0.3) is 5.69 Å². The average molecular weight is 425 g/mol. The van der Waals surface area contributed by atoms with Gasteiger partial charge in [0.2, 0.25) is 5.52 Å². The zero-order valence-corrected chi connectivity index (χ0v) is 20.5. The molecule has 32 heavy (non-hydrogen) atoms. The first kappa shape index (κ1) is 21.0. The lowest BCUT2D eigenvalue weighted by molar-refractivity contribution is -0.633. The van der Waals surface area contributed by atoms with Crippen LogP contribution in [0.3, 0.4) is 0 Å². The highest BCUT2D eigenvalue weighted by atomic mass is 16.5. The van der Waals surface area contributed by atoms with Crippen molar-refractivity contribution in [1.82, 2.24) is 0 Å². The van der Waals surface area contributed by atoms with E-state index in [1.807, 2.05) is 0 Å². The summed E-state index contributed by atoms with van der Waals surface area (Å²) in [5.41, 5.74) is 9.20. The molecule has 0 N–H and O–H groups in total. The Morgan fingerprint density at radius 3 is 2.34 bits per heavy atom. The van der Waals surface area contributed by atoms with Gasteiger partial charge in [-0.05, 0) is 72.2 Å². The molecule has 1 aliphatic rings. The maximum atomic E-state index is 6.69. The van der Waals surface area contributed by atoms with Crippen LogP contribution in [-0.4, -0.2) is 0 Å². The molecule has 0 fully saturated rings. The molecule has 0 saturated carbocycles. The molecule has 2 heteroatoms. The SMILES string of the molecule is Cc1cc2cc(CC(C)C)cc3c2c(c1C)-c1c(cc2c(CC(C)C)cccc2[n+]1C)O3. The van der Waals surface area contributed by atoms with Gasteiger partial charge in [-0.1, -0.05) is 52.0 Å². The zero-order valence-electron chi connectivity index (χ0n) is 20.5. The van der Waals surface area contributed by atoms with Gasteiger partial charge in [-0.3, -0.25) is 0 Å². The minimum Gasteiger partial charge on any atom is -0.450 e. The van der Waals surface area contributed by atoms with Crippen molar-refractivity contribution in [3.8, 4) is 22.8 Å². The van der Waals surface area contributed by atoms with Crippen LogP contribution in [-0.2, 0) is 19.9 Å². The van der Waals surface area contributed by atoms with Crippen LogP contribution < -0.4 is 9.30 Å². The smallest absolute Gasteiger partial charge is 0.256 e. The van der Waals surface area contributed by atoms with Crippen LogP contribution in [0.1, 0.15) is 49.9 Å². The maximum absolute atomic E-state index is 6.69. The third kappa shape index (κ3) is 3.28. The number of ether oxygens (including phenoxy) is 1. The zero-order chi connectivity index (χ0) is 22.7. The van der Waals surface area contributed by atoms with Gasteiger partial charge < -0.3 is 4.74 Å². The van der Waals surface area contributed by atoms with Gasteiger partial charge in [-0.25, -0.2) is 0 Å². The molecule has 0 spiro atoms. The Morgan fingerprint density at radius 1 is 0.875 bits per heavy atom. The minimum absolute atomic E-state index is 0.612. The Hall–Kier alpha value is -2.87.